The second-order valence-electron chi connectivity index (χ2n) is 5.40. The third kappa shape index (κ3) is 2.60. The molecule has 0 fully saturated rings. The fourth-order valence-corrected chi connectivity index (χ4v) is 2.79. The predicted octanol–water partition coefficient (Wildman–Crippen LogP) is 1.80. The standard InChI is InChI=1S/C17H15N3O4/c1-2-18-16(21)14-8-3-4-9-15(14)19(17(18)22)11-12-6-5-7-13(10-12)20(23)24/h3-10H,2,11H2,1H3/p+2. The van der Waals surface area contributed by atoms with E-state index in [2.05, 4.69) is 0 Å². The van der Waals surface area contributed by atoms with Crippen LogP contribution < -0.4 is 9.13 Å². The van der Waals surface area contributed by atoms with Crippen LogP contribution in [0.3, 0.4) is 0 Å². The molecule has 122 valence electrons. The number of non-ortho nitro benzene ring substituents is 1. The lowest BCUT2D eigenvalue weighted by molar-refractivity contribution is -0.817. The van der Waals surface area contributed by atoms with E-state index in [-0.39, 0.29) is 24.1 Å². The van der Waals surface area contributed by atoms with Gasteiger partial charge in [0.05, 0.1) is 4.92 Å². The first kappa shape index (κ1) is 15.7. The first-order valence-electron chi connectivity index (χ1n) is 7.52. The molecule has 7 nitrogen and oxygen atoms in total. The fourth-order valence-electron chi connectivity index (χ4n) is 2.79. The molecule has 3 aromatic rings. The topological polar surface area (TPSA) is 91.4 Å². The number of hydrogen-bond acceptors (Lipinski definition) is 4. The molecule has 0 spiro atoms. The van der Waals surface area contributed by atoms with E-state index in [1.807, 2.05) is 6.92 Å². The van der Waals surface area contributed by atoms with Crippen LogP contribution in [0.2, 0.25) is 0 Å². The van der Waals surface area contributed by atoms with Gasteiger partial charge in [-0.1, -0.05) is 33.4 Å². The number of aromatic hydroxyl groups is 2. The third-order valence-electron chi connectivity index (χ3n) is 3.95. The first-order valence-corrected chi connectivity index (χ1v) is 7.52. The molecule has 24 heavy (non-hydrogen) atoms. The Morgan fingerprint density at radius 3 is 2.54 bits per heavy atom. The maximum absolute atomic E-state index is 10.9. The largest absolute Gasteiger partial charge is 0.632 e. The minimum Gasteiger partial charge on any atom is -0.459 e. The van der Waals surface area contributed by atoms with Gasteiger partial charge in [-0.15, -0.1) is 0 Å². The van der Waals surface area contributed by atoms with Crippen LogP contribution in [-0.4, -0.2) is 15.1 Å². The normalized spacial score (nSPS) is 10.9. The summed E-state index contributed by atoms with van der Waals surface area (Å²) in [6.45, 7) is 2.44. The minimum absolute atomic E-state index is 0.000887. The lowest BCUT2D eigenvalue weighted by Crippen LogP contribution is -2.48. The Balaban J connectivity index is 2.19. The van der Waals surface area contributed by atoms with Gasteiger partial charge in [0, 0.05) is 23.8 Å². The van der Waals surface area contributed by atoms with Crippen LogP contribution in [0.5, 0.6) is 11.9 Å². The van der Waals surface area contributed by atoms with E-state index in [0.717, 1.165) is 0 Å². The lowest BCUT2D eigenvalue weighted by atomic mass is 10.2. The maximum Gasteiger partial charge on any atom is 0.632 e. The summed E-state index contributed by atoms with van der Waals surface area (Å²) >= 11 is 0. The van der Waals surface area contributed by atoms with Crippen molar-refractivity contribution in [2.45, 2.75) is 20.0 Å². The fraction of sp³-hybridized carbons (Fsp3) is 0.176. The van der Waals surface area contributed by atoms with Crippen LogP contribution in [0.1, 0.15) is 12.5 Å². The van der Waals surface area contributed by atoms with Gasteiger partial charge in [0.15, 0.2) is 18.5 Å². The number of aromatic nitrogens is 2. The highest BCUT2D eigenvalue weighted by molar-refractivity contribution is 5.79. The van der Waals surface area contributed by atoms with Crippen LogP contribution in [-0.2, 0) is 13.1 Å². The number of nitro groups is 1. The summed E-state index contributed by atoms with van der Waals surface area (Å²) in [5.41, 5.74) is 1.32. The second-order valence-corrected chi connectivity index (χ2v) is 5.40. The van der Waals surface area contributed by atoms with E-state index in [1.54, 1.807) is 41.0 Å². The van der Waals surface area contributed by atoms with Crippen LogP contribution in [0.25, 0.3) is 10.9 Å². The van der Waals surface area contributed by atoms with E-state index < -0.39 is 4.92 Å². The zero-order chi connectivity index (χ0) is 17.3. The van der Waals surface area contributed by atoms with Gasteiger partial charge >= 0.3 is 11.9 Å². The molecule has 0 atom stereocenters. The van der Waals surface area contributed by atoms with Gasteiger partial charge in [-0.25, -0.2) is 0 Å². The van der Waals surface area contributed by atoms with E-state index in [1.165, 1.54) is 16.7 Å². The van der Waals surface area contributed by atoms with Crippen LogP contribution in [0.4, 0.5) is 5.69 Å². The van der Waals surface area contributed by atoms with Crippen LogP contribution in [0, 0.1) is 10.1 Å². The SMILES string of the molecule is CC[n+]1c(O)c2ccccc2[n+](Cc2cccc([N+](=O)[O-])c2)c1O. The molecule has 7 heteroatoms. The zero-order valence-corrected chi connectivity index (χ0v) is 13.1. The smallest absolute Gasteiger partial charge is 0.459 e. The Labute approximate surface area is 137 Å². The molecule has 2 N–H and O–H groups in total. The van der Waals surface area contributed by atoms with Crippen LogP contribution >= 0.6 is 0 Å². The molecule has 0 amide bonds. The zero-order valence-electron chi connectivity index (χ0n) is 13.1. The molecule has 1 heterocycles. The summed E-state index contributed by atoms with van der Waals surface area (Å²) in [5, 5.41) is 32.4. The molecule has 0 saturated heterocycles. The van der Waals surface area contributed by atoms with Gasteiger partial charge in [0.2, 0.25) is 5.52 Å². The van der Waals surface area contributed by atoms with Crippen molar-refractivity contribution < 1.29 is 24.3 Å². The minimum atomic E-state index is -0.449. The maximum atomic E-state index is 10.9. The van der Waals surface area contributed by atoms with Gasteiger partial charge in [-0.2, -0.15) is 0 Å². The number of rotatable bonds is 4. The highest BCUT2D eigenvalue weighted by Crippen LogP contribution is 2.21. The molecule has 0 bridgehead atoms. The Morgan fingerprint density at radius 1 is 1.08 bits per heavy atom. The number of fused-ring (bicyclic) bond motifs is 1. The van der Waals surface area contributed by atoms with Crippen molar-refractivity contribution in [1.82, 2.24) is 0 Å². The van der Waals surface area contributed by atoms with E-state index in [9.17, 15) is 20.3 Å². The number of benzene rings is 2. The molecule has 0 unspecified atom stereocenters. The summed E-state index contributed by atoms with van der Waals surface area (Å²) in [7, 11) is 0. The number of nitrogens with zero attached hydrogens (tertiary/aromatic N) is 3. The van der Waals surface area contributed by atoms with Gasteiger partial charge in [-0.3, -0.25) is 10.1 Å². The molecule has 3 rings (SSSR count). The van der Waals surface area contributed by atoms with E-state index in [4.69, 9.17) is 0 Å². The van der Waals surface area contributed by atoms with Crippen molar-refractivity contribution in [1.29, 1.82) is 0 Å². The lowest BCUT2D eigenvalue weighted by Gasteiger charge is -2.04. The summed E-state index contributed by atoms with van der Waals surface area (Å²) in [6, 6.07) is 13.3. The van der Waals surface area contributed by atoms with Crippen molar-refractivity contribution in [2.75, 3.05) is 0 Å². The molecule has 0 aliphatic carbocycles. The van der Waals surface area contributed by atoms with E-state index in [0.29, 0.717) is 23.0 Å². The highest BCUT2D eigenvalue weighted by Gasteiger charge is 2.32. The van der Waals surface area contributed by atoms with Crippen molar-refractivity contribution in [3.05, 3.63) is 64.2 Å². The molecule has 2 aromatic carbocycles. The Bertz CT molecular complexity index is 941. The monoisotopic (exact) mass is 327 g/mol. The average molecular weight is 327 g/mol. The van der Waals surface area contributed by atoms with Gasteiger partial charge in [-0.05, 0) is 13.0 Å². The first-order chi connectivity index (χ1) is 11.5. The van der Waals surface area contributed by atoms with E-state index >= 15 is 0 Å². The molecule has 0 aliphatic rings. The van der Waals surface area contributed by atoms with Gasteiger partial charge in [0.25, 0.3) is 5.69 Å². The second kappa shape index (κ2) is 6.11. The highest BCUT2D eigenvalue weighted by atomic mass is 16.6. The summed E-state index contributed by atoms with van der Waals surface area (Å²) in [6.07, 6.45) is 0. The van der Waals surface area contributed by atoms with Gasteiger partial charge in [0.1, 0.15) is 0 Å². The predicted molar refractivity (Wildman–Crippen MR) is 85.5 cm³/mol. The summed E-state index contributed by atoms with van der Waals surface area (Å²) in [4.78, 5) is 10.5. The van der Waals surface area contributed by atoms with Crippen molar-refractivity contribution in [3.63, 3.8) is 0 Å². The Kier molecular flexibility index (Phi) is 3.99. The summed E-state index contributed by atoms with van der Waals surface area (Å²) < 4.78 is 3.01. The molecule has 1 aromatic heterocycles. The van der Waals surface area contributed by atoms with Gasteiger partial charge < -0.3 is 10.2 Å². The van der Waals surface area contributed by atoms with Crippen molar-refractivity contribution in [2.24, 2.45) is 0 Å². The van der Waals surface area contributed by atoms with Crippen molar-refractivity contribution >= 4 is 16.6 Å². The molecular weight excluding hydrogens is 310 g/mol. The average Bonchev–Trinajstić information content (AvgIpc) is 2.59. The third-order valence-corrected chi connectivity index (χ3v) is 3.95. The summed E-state index contributed by atoms with van der Waals surface area (Å²) in [5.74, 6) is -0.0131. The van der Waals surface area contributed by atoms with Crippen molar-refractivity contribution in [3.8, 4) is 11.9 Å². The number of hydrogen-bond donors (Lipinski definition) is 2. The molecule has 0 radical (unpaired) electrons. The Hall–Kier alpha value is -3.22. The quantitative estimate of drug-likeness (QED) is 0.434. The Morgan fingerprint density at radius 2 is 1.83 bits per heavy atom. The number of para-hydroxylation sites is 1. The molecule has 0 aliphatic heterocycles. The molecular formula is C17H17N3O4+2. The molecule has 0 saturated carbocycles. The number of nitro benzene ring substituents is 1. The van der Waals surface area contributed by atoms with Crippen LogP contribution in [0.15, 0.2) is 48.5 Å².